The lowest BCUT2D eigenvalue weighted by Crippen LogP contribution is -2.25. The Labute approximate surface area is 157 Å². The van der Waals surface area contributed by atoms with Crippen LogP contribution in [0.4, 0.5) is 0 Å². The Morgan fingerprint density at radius 3 is 2.83 bits per heavy atom. The van der Waals surface area contributed by atoms with E-state index in [0.29, 0.717) is 3.92 Å². The molecule has 0 aliphatic heterocycles. The topological polar surface area (TPSA) is 26.3 Å². The van der Waals surface area contributed by atoms with E-state index >= 15 is 0 Å². The molecule has 0 bridgehead atoms. The first kappa shape index (κ1) is 18.6. The molecule has 2 rings (SSSR count). The molecule has 0 saturated heterocycles. The average Bonchev–Trinajstić information content (AvgIpc) is 2.51. The van der Waals surface area contributed by atoms with Crippen LogP contribution >= 0.6 is 34.2 Å². The lowest BCUT2D eigenvalue weighted by molar-refractivity contribution is -0.137. The lowest BCUT2D eigenvalue weighted by atomic mass is 9.86. The standard InChI is InChI=1S/C19H22ClIO2/c1-19(20)12-11-15(7-9-17(21)13-19)8-10-18(22)23-14-16-5-3-2-4-6-16/h2-6,15,17H,7,9,11-14H2,1H3. The van der Waals surface area contributed by atoms with Crippen molar-refractivity contribution in [1.82, 2.24) is 0 Å². The molecule has 0 radical (unpaired) electrons. The molecule has 3 unspecified atom stereocenters. The van der Waals surface area contributed by atoms with Gasteiger partial charge < -0.3 is 4.74 Å². The second kappa shape index (κ2) is 8.94. The summed E-state index contributed by atoms with van der Waals surface area (Å²) >= 11 is 9.02. The summed E-state index contributed by atoms with van der Waals surface area (Å²) in [6, 6.07) is 9.64. The summed E-state index contributed by atoms with van der Waals surface area (Å²) in [4.78, 5) is 11.6. The second-order valence-corrected chi connectivity index (χ2v) is 9.03. The highest BCUT2D eigenvalue weighted by molar-refractivity contribution is 14.1. The van der Waals surface area contributed by atoms with Crippen molar-refractivity contribution in [3.8, 4) is 11.8 Å². The smallest absolute Gasteiger partial charge is 0.384 e. The number of rotatable bonds is 2. The van der Waals surface area contributed by atoms with Crippen LogP contribution in [0.1, 0.15) is 44.6 Å². The van der Waals surface area contributed by atoms with Crippen molar-refractivity contribution >= 4 is 40.2 Å². The minimum absolute atomic E-state index is 0.153. The molecule has 124 valence electrons. The van der Waals surface area contributed by atoms with Crippen molar-refractivity contribution in [3.05, 3.63) is 35.9 Å². The van der Waals surface area contributed by atoms with Crippen LogP contribution in [0.2, 0.25) is 0 Å². The van der Waals surface area contributed by atoms with Gasteiger partial charge in [0, 0.05) is 20.6 Å². The van der Waals surface area contributed by atoms with Crippen molar-refractivity contribution in [2.75, 3.05) is 0 Å². The Hall–Kier alpha value is -0.730. The van der Waals surface area contributed by atoms with Gasteiger partial charge in [-0.05, 0) is 44.6 Å². The van der Waals surface area contributed by atoms with Crippen LogP contribution in [-0.2, 0) is 16.1 Å². The zero-order valence-electron chi connectivity index (χ0n) is 13.4. The molecule has 4 heteroatoms. The summed E-state index contributed by atoms with van der Waals surface area (Å²) in [5, 5.41) is 0. The van der Waals surface area contributed by atoms with Gasteiger partial charge in [-0.15, -0.1) is 11.6 Å². The van der Waals surface area contributed by atoms with E-state index in [4.69, 9.17) is 16.3 Å². The third-order valence-electron chi connectivity index (χ3n) is 4.08. The number of carbonyl (C=O) groups excluding carboxylic acids is 1. The third kappa shape index (κ3) is 7.14. The molecule has 1 aromatic rings. The largest absolute Gasteiger partial charge is 0.451 e. The fraction of sp³-hybridized carbons (Fsp3) is 0.526. The first-order valence-electron chi connectivity index (χ1n) is 8.00. The van der Waals surface area contributed by atoms with Crippen LogP contribution < -0.4 is 0 Å². The van der Waals surface area contributed by atoms with Gasteiger partial charge in [0.05, 0.1) is 0 Å². The molecular weight excluding hydrogens is 423 g/mol. The first-order chi connectivity index (χ1) is 10.9. The number of hydrogen-bond acceptors (Lipinski definition) is 2. The van der Waals surface area contributed by atoms with E-state index in [1.807, 2.05) is 30.3 Å². The minimum atomic E-state index is -0.449. The van der Waals surface area contributed by atoms with Gasteiger partial charge in [0.1, 0.15) is 6.61 Å². The van der Waals surface area contributed by atoms with E-state index < -0.39 is 5.97 Å². The monoisotopic (exact) mass is 444 g/mol. The van der Waals surface area contributed by atoms with Crippen molar-refractivity contribution in [3.63, 3.8) is 0 Å². The Morgan fingerprint density at radius 1 is 1.35 bits per heavy atom. The first-order valence-corrected chi connectivity index (χ1v) is 9.62. The molecular formula is C19H22ClIO2. The number of hydrogen-bond donors (Lipinski definition) is 0. The normalized spacial score (nSPS) is 28.0. The average molecular weight is 445 g/mol. The van der Waals surface area contributed by atoms with Gasteiger partial charge in [-0.25, -0.2) is 4.79 Å². The van der Waals surface area contributed by atoms with Crippen molar-refractivity contribution in [2.24, 2.45) is 5.92 Å². The van der Waals surface area contributed by atoms with Gasteiger partial charge in [0.25, 0.3) is 0 Å². The van der Waals surface area contributed by atoms with Crippen LogP contribution in [0.25, 0.3) is 0 Å². The van der Waals surface area contributed by atoms with Gasteiger partial charge in [-0.2, -0.15) is 0 Å². The van der Waals surface area contributed by atoms with E-state index in [9.17, 15) is 4.79 Å². The van der Waals surface area contributed by atoms with Gasteiger partial charge in [0.15, 0.2) is 0 Å². The molecule has 3 atom stereocenters. The van der Waals surface area contributed by atoms with Crippen LogP contribution in [0.15, 0.2) is 30.3 Å². The highest BCUT2D eigenvalue weighted by Gasteiger charge is 2.28. The molecule has 1 fully saturated rings. The van der Waals surface area contributed by atoms with E-state index in [2.05, 4.69) is 41.4 Å². The Balaban J connectivity index is 1.85. The summed E-state index contributed by atoms with van der Waals surface area (Å²) < 4.78 is 5.77. The predicted octanol–water partition coefficient (Wildman–Crippen LogP) is 5.11. The number of benzene rings is 1. The van der Waals surface area contributed by atoms with Gasteiger partial charge >= 0.3 is 5.97 Å². The minimum Gasteiger partial charge on any atom is -0.451 e. The van der Waals surface area contributed by atoms with E-state index in [-0.39, 0.29) is 17.4 Å². The molecule has 1 aliphatic carbocycles. The number of esters is 1. The molecule has 1 aromatic carbocycles. The second-order valence-electron chi connectivity index (χ2n) is 6.36. The van der Waals surface area contributed by atoms with Crippen molar-refractivity contribution in [1.29, 1.82) is 0 Å². The third-order valence-corrected chi connectivity index (χ3v) is 5.49. The lowest BCUT2D eigenvalue weighted by Gasteiger charge is -2.29. The molecule has 0 heterocycles. The molecule has 0 N–H and O–H groups in total. The maximum Gasteiger partial charge on any atom is 0.384 e. The van der Waals surface area contributed by atoms with Gasteiger partial charge in [-0.3, -0.25) is 0 Å². The fourth-order valence-corrected chi connectivity index (χ4v) is 4.62. The van der Waals surface area contributed by atoms with E-state index in [1.165, 1.54) is 0 Å². The number of halogens is 2. The van der Waals surface area contributed by atoms with Gasteiger partial charge in [-0.1, -0.05) is 58.8 Å². The summed E-state index contributed by atoms with van der Waals surface area (Å²) in [6.45, 7) is 2.37. The fourth-order valence-electron chi connectivity index (χ4n) is 2.73. The predicted molar refractivity (Wildman–Crippen MR) is 103 cm³/mol. The van der Waals surface area contributed by atoms with E-state index in [1.54, 1.807) is 0 Å². The molecule has 0 spiro atoms. The Kier molecular flexibility index (Phi) is 7.23. The summed E-state index contributed by atoms with van der Waals surface area (Å²) in [7, 11) is 0. The van der Waals surface area contributed by atoms with Gasteiger partial charge in [0.2, 0.25) is 0 Å². The molecule has 1 aliphatic rings. The van der Waals surface area contributed by atoms with E-state index in [0.717, 1.165) is 37.7 Å². The summed E-state index contributed by atoms with van der Waals surface area (Å²) in [5.41, 5.74) is 0.972. The quantitative estimate of drug-likeness (QED) is 0.208. The highest BCUT2D eigenvalue weighted by atomic mass is 127. The maximum absolute atomic E-state index is 11.8. The number of ether oxygens (including phenoxy) is 1. The molecule has 0 aromatic heterocycles. The van der Waals surface area contributed by atoms with Crippen LogP contribution in [-0.4, -0.2) is 14.8 Å². The summed E-state index contributed by atoms with van der Waals surface area (Å²) in [5.74, 6) is 5.54. The maximum atomic E-state index is 11.8. The Bertz CT molecular complexity index is 574. The zero-order valence-corrected chi connectivity index (χ0v) is 16.3. The van der Waals surface area contributed by atoms with Crippen molar-refractivity contribution in [2.45, 2.75) is 54.4 Å². The molecule has 1 saturated carbocycles. The van der Waals surface area contributed by atoms with Crippen LogP contribution in [0, 0.1) is 17.8 Å². The Morgan fingerprint density at radius 2 is 2.09 bits per heavy atom. The zero-order chi connectivity index (χ0) is 16.7. The van der Waals surface area contributed by atoms with Crippen LogP contribution in [0.3, 0.4) is 0 Å². The SMILES string of the molecule is CC1(Cl)CCC(C#CC(=O)OCc2ccccc2)CCC(I)C1. The highest BCUT2D eigenvalue weighted by Crippen LogP contribution is 2.36. The molecule has 2 nitrogen and oxygen atoms in total. The summed E-state index contributed by atoms with van der Waals surface area (Å²) in [6.07, 6.45) is 5.05. The van der Waals surface area contributed by atoms with Crippen LogP contribution in [0.5, 0.6) is 0 Å². The number of alkyl halides is 2. The molecule has 23 heavy (non-hydrogen) atoms. The molecule has 0 amide bonds. The number of carbonyl (C=O) groups is 1. The van der Waals surface area contributed by atoms with Crippen molar-refractivity contribution < 1.29 is 9.53 Å².